The van der Waals surface area contributed by atoms with Gasteiger partial charge < -0.3 is 19.5 Å². The molecule has 1 amide bonds. The predicted molar refractivity (Wildman–Crippen MR) is 98.7 cm³/mol. The fourth-order valence-electron chi connectivity index (χ4n) is 2.41. The molecule has 2 aromatic carbocycles. The molecular formula is C20H25NO4. The van der Waals surface area contributed by atoms with Crippen LogP contribution in [0.25, 0.3) is 0 Å². The second-order valence-electron chi connectivity index (χ2n) is 5.57. The molecule has 0 unspecified atom stereocenters. The lowest BCUT2D eigenvalue weighted by atomic mass is 10.1. The summed E-state index contributed by atoms with van der Waals surface area (Å²) in [6, 6.07) is 13.0. The van der Waals surface area contributed by atoms with Gasteiger partial charge in [-0.2, -0.15) is 0 Å². The lowest BCUT2D eigenvalue weighted by Gasteiger charge is -2.18. The van der Waals surface area contributed by atoms with E-state index in [1.165, 1.54) is 5.56 Å². The second kappa shape index (κ2) is 8.97. The third-order valence-electron chi connectivity index (χ3n) is 3.94. The third-order valence-corrected chi connectivity index (χ3v) is 3.94. The topological polar surface area (TPSA) is 56.8 Å². The zero-order valence-corrected chi connectivity index (χ0v) is 15.2. The first-order chi connectivity index (χ1) is 12.1. The number of hydrogen-bond donors (Lipinski definition) is 1. The van der Waals surface area contributed by atoms with Crippen molar-refractivity contribution >= 4 is 11.6 Å². The number of aryl methyl sites for hydroxylation is 1. The Morgan fingerprint density at radius 2 is 1.68 bits per heavy atom. The highest BCUT2D eigenvalue weighted by atomic mass is 16.5. The molecule has 1 N–H and O–H groups in total. The molecule has 0 bridgehead atoms. The SMILES string of the molecule is CCc1ccc(O[C@@H](CC)C(=O)Nc2ccc(OC)cc2OC)cc1. The maximum atomic E-state index is 12.6. The second-order valence-corrected chi connectivity index (χ2v) is 5.57. The highest BCUT2D eigenvalue weighted by Crippen LogP contribution is 2.29. The molecule has 0 aliphatic heterocycles. The molecule has 0 saturated heterocycles. The minimum absolute atomic E-state index is 0.217. The number of rotatable bonds is 8. The Balaban J connectivity index is 2.08. The van der Waals surface area contributed by atoms with Gasteiger partial charge in [0.15, 0.2) is 6.10 Å². The normalized spacial score (nSPS) is 11.5. The Morgan fingerprint density at radius 3 is 2.24 bits per heavy atom. The van der Waals surface area contributed by atoms with Crippen LogP contribution in [0.2, 0.25) is 0 Å². The molecule has 0 aromatic heterocycles. The number of amides is 1. The van der Waals surface area contributed by atoms with Gasteiger partial charge in [-0.1, -0.05) is 26.0 Å². The monoisotopic (exact) mass is 343 g/mol. The molecule has 0 fully saturated rings. The van der Waals surface area contributed by atoms with E-state index >= 15 is 0 Å². The van der Waals surface area contributed by atoms with Crippen LogP contribution in [0, 0.1) is 0 Å². The van der Waals surface area contributed by atoms with Crippen molar-refractivity contribution in [1.82, 2.24) is 0 Å². The van der Waals surface area contributed by atoms with Crippen molar-refractivity contribution in [2.24, 2.45) is 0 Å². The van der Waals surface area contributed by atoms with Gasteiger partial charge in [-0.3, -0.25) is 4.79 Å². The quantitative estimate of drug-likeness (QED) is 0.785. The Bertz CT molecular complexity index is 697. The largest absolute Gasteiger partial charge is 0.497 e. The van der Waals surface area contributed by atoms with Crippen molar-refractivity contribution in [1.29, 1.82) is 0 Å². The van der Waals surface area contributed by atoms with Crippen LogP contribution in [0.3, 0.4) is 0 Å². The molecule has 5 heteroatoms. The van der Waals surface area contributed by atoms with Crippen LogP contribution >= 0.6 is 0 Å². The van der Waals surface area contributed by atoms with E-state index < -0.39 is 6.10 Å². The van der Waals surface area contributed by atoms with Gasteiger partial charge in [0, 0.05) is 6.07 Å². The summed E-state index contributed by atoms with van der Waals surface area (Å²) < 4.78 is 16.3. The van der Waals surface area contributed by atoms with Gasteiger partial charge in [-0.25, -0.2) is 0 Å². The molecule has 1 atom stereocenters. The van der Waals surface area contributed by atoms with Crippen LogP contribution < -0.4 is 19.5 Å². The summed E-state index contributed by atoms with van der Waals surface area (Å²) in [6.45, 7) is 4.01. The van der Waals surface area contributed by atoms with Gasteiger partial charge in [-0.15, -0.1) is 0 Å². The minimum Gasteiger partial charge on any atom is -0.497 e. The molecule has 2 rings (SSSR count). The van der Waals surface area contributed by atoms with E-state index in [1.54, 1.807) is 32.4 Å². The molecule has 0 aliphatic rings. The molecule has 0 aliphatic carbocycles. The lowest BCUT2D eigenvalue weighted by molar-refractivity contribution is -0.122. The smallest absolute Gasteiger partial charge is 0.265 e. The van der Waals surface area contributed by atoms with Crippen molar-refractivity contribution in [2.75, 3.05) is 19.5 Å². The van der Waals surface area contributed by atoms with Crippen LogP contribution in [0.15, 0.2) is 42.5 Å². The van der Waals surface area contributed by atoms with E-state index in [0.717, 1.165) is 6.42 Å². The molecule has 0 saturated carbocycles. The van der Waals surface area contributed by atoms with Crippen LogP contribution in [0.5, 0.6) is 17.2 Å². The summed E-state index contributed by atoms with van der Waals surface area (Å²) in [7, 11) is 3.13. The summed E-state index contributed by atoms with van der Waals surface area (Å²) in [6.07, 6.45) is 0.939. The number of ether oxygens (including phenoxy) is 3. The van der Waals surface area contributed by atoms with E-state index in [4.69, 9.17) is 14.2 Å². The maximum Gasteiger partial charge on any atom is 0.265 e. The Labute approximate surface area is 148 Å². The van der Waals surface area contributed by atoms with Gasteiger partial charge in [-0.05, 0) is 42.7 Å². The van der Waals surface area contributed by atoms with Gasteiger partial charge in [0.1, 0.15) is 17.2 Å². The summed E-state index contributed by atoms with van der Waals surface area (Å²) in [4.78, 5) is 12.6. The molecule has 25 heavy (non-hydrogen) atoms. The Morgan fingerprint density at radius 1 is 1.00 bits per heavy atom. The van der Waals surface area contributed by atoms with Crippen molar-refractivity contribution in [3.05, 3.63) is 48.0 Å². The summed E-state index contributed by atoms with van der Waals surface area (Å²) >= 11 is 0. The standard InChI is InChI=1S/C20H25NO4/c1-5-14-7-9-15(10-8-14)25-18(6-2)20(22)21-17-12-11-16(23-3)13-19(17)24-4/h7-13,18H,5-6H2,1-4H3,(H,21,22)/t18-/m0/s1. The van der Waals surface area contributed by atoms with Gasteiger partial charge in [0.05, 0.1) is 19.9 Å². The van der Waals surface area contributed by atoms with E-state index in [-0.39, 0.29) is 5.91 Å². The molecule has 0 heterocycles. The Kier molecular flexibility index (Phi) is 6.69. The molecule has 0 spiro atoms. The van der Waals surface area contributed by atoms with Crippen molar-refractivity contribution in [3.8, 4) is 17.2 Å². The van der Waals surface area contributed by atoms with Crippen molar-refractivity contribution in [2.45, 2.75) is 32.8 Å². The zero-order valence-electron chi connectivity index (χ0n) is 15.2. The van der Waals surface area contributed by atoms with Gasteiger partial charge >= 0.3 is 0 Å². The van der Waals surface area contributed by atoms with Crippen LogP contribution in [0.1, 0.15) is 25.8 Å². The predicted octanol–water partition coefficient (Wildman–Crippen LogP) is 4.06. The maximum absolute atomic E-state index is 12.6. The lowest BCUT2D eigenvalue weighted by Crippen LogP contribution is -2.32. The molecular weight excluding hydrogens is 318 g/mol. The molecule has 134 valence electrons. The average molecular weight is 343 g/mol. The highest BCUT2D eigenvalue weighted by Gasteiger charge is 2.20. The summed E-state index contributed by atoms with van der Waals surface area (Å²) in [5, 5.41) is 2.86. The molecule has 2 aromatic rings. The third kappa shape index (κ3) is 4.89. The van der Waals surface area contributed by atoms with Crippen LogP contribution in [-0.4, -0.2) is 26.2 Å². The number of hydrogen-bond acceptors (Lipinski definition) is 4. The number of benzene rings is 2. The first kappa shape index (κ1) is 18.6. The molecule has 5 nitrogen and oxygen atoms in total. The summed E-state index contributed by atoms with van der Waals surface area (Å²) in [5.41, 5.74) is 1.81. The fraction of sp³-hybridized carbons (Fsp3) is 0.350. The van der Waals surface area contributed by atoms with E-state index in [9.17, 15) is 4.79 Å². The average Bonchev–Trinajstić information content (AvgIpc) is 2.66. The van der Waals surface area contributed by atoms with E-state index in [0.29, 0.717) is 29.4 Å². The first-order valence-corrected chi connectivity index (χ1v) is 8.39. The fourth-order valence-corrected chi connectivity index (χ4v) is 2.41. The number of methoxy groups -OCH3 is 2. The summed E-state index contributed by atoms with van der Waals surface area (Å²) in [5.74, 6) is 1.66. The first-order valence-electron chi connectivity index (χ1n) is 8.39. The van der Waals surface area contributed by atoms with E-state index in [2.05, 4.69) is 12.2 Å². The number of carbonyl (C=O) groups is 1. The number of anilines is 1. The van der Waals surface area contributed by atoms with Gasteiger partial charge in [0.2, 0.25) is 0 Å². The van der Waals surface area contributed by atoms with E-state index in [1.807, 2.05) is 31.2 Å². The van der Waals surface area contributed by atoms with Crippen LogP contribution in [-0.2, 0) is 11.2 Å². The van der Waals surface area contributed by atoms with Crippen molar-refractivity contribution < 1.29 is 19.0 Å². The number of nitrogens with one attached hydrogen (secondary N) is 1. The highest BCUT2D eigenvalue weighted by molar-refractivity contribution is 5.95. The van der Waals surface area contributed by atoms with Gasteiger partial charge in [0.25, 0.3) is 5.91 Å². The Hall–Kier alpha value is -2.69. The minimum atomic E-state index is -0.584. The number of carbonyl (C=O) groups excluding carboxylic acids is 1. The zero-order chi connectivity index (χ0) is 18.2. The van der Waals surface area contributed by atoms with Crippen LogP contribution in [0.4, 0.5) is 5.69 Å². The van der Waals surface area contributed by atoms with Crippen molar-refractivity contribution in [3.63, 3.8) is 0 Å². The molecule has 0 radical (unpaired) electrons.